The Morgan fingerprint density at radius 1 is 1.29 bits per heavy atom. The molecule has 1 aliphatic carbocycles. The third-order valence-electron chi connectivity index (χ3n) is 4.67. The van der Waals surface area contributed by atoms with Gasteiger partial charge in [-0.05, 0) is 37.7 Å². The van der Waals surface area contributed by atoms with Crippen LogP contribution in [0.5, 0.6) is 0 Å². The molecule has 0 aromatic carbocycles. The summed E-state index contributed by atoms with van der Waals surface area (Å²) in [6, 6.07) is 1.93. The Balaban J connectivity index is 0.00000288. The Bertz CT molecular complexity index is 452. The van der Waals surface area contributed by atoms with E-state index in [0.29, 0.717) is 0 Å². The van der Waals surface area contributed by atoms with Gasteiger partial charge in [0.15, 0.2) is 5.96 Å². The number of halogens is 1. The number of aliphatic imine (C=N–C) groups is 1. The van der Waals surface area contributed by atoms with Crippen molar-refractivity contribution in [2.45, 2.75) is 52.0 Å². The molecule has 0 radical (unpaired) electrons. The number of hydrogen-bond acceptors (Lipinski definition) is 3. The molecule has 0 spiro atoms. The lowest BCUT2D eigenvalue weighted by molar-refractivity contribution is 0.137. The SMILES string of the molecule is CCNC(=NCC1(CCO)CCCCC1)NCCn1cccn1.I. The first-order chi connectivity index (χ1) is 11.3. The highest BCUT2D eigenvalue weighted by Crippen LogP contribution is 2.39. The van der Waals surface area contributed by atoms with Crippen LogP contribution in [0.25, 0.3) is 0 Å². The van der Waals surface area contributed by atoms with E-state index in [1.807, 2.05) is 16.9 Å². The average Bonchev–Trinajstić information content (AvgIpc) is 3.07. The van der Waals surface area contributed by atoms with Gasteiger partial charge in [-0.25, -0.2) is 0 Å². The monoisotopic (exact) mass is 449 g/mol. The zero-order valence-corrected chi connectivity index (χ0v) is 17.0. The number of rotatable bonds is 8. The Morgan fingerprint density at radius 2 is 2.08 bits per heavy atom. The van der Waals surface area contributed by atoms with Gasteiger partial charge in [0, 0.05) is 38.6 Å². The lowest BCUT2D eigenvalue weighted by atomic mass is 9.72. The third kappa shape index (κ3) is 6.96. The van der Waals surface area contributed by atoms with Crippen LogP contribution in [0.15, 0.2) is 23.5 Å². The van der Waals surface area contributed by atoms with Gasteiger partial charge in [-0.1, -0.05) is 19.3 Å². The van der Waals surface area contributed by atoms with Crippen LogP contribution in [-0.2, 0) is 6.54 Å². The van der Waals surface area contributed by atoms with E-state index in [-0.39, 0.29) is 36.0 Å². The number of hydrogen-bond donors (Lipinski definition) is 3. The molecule has 0 atom stereocenters. The van der Waals surface area contributed by atoms with Crippen molar-refractivity contribution >= 4 is 29.9 Å². The molecule has 0 aliphatic heterocycles. The van der Waals surface area contributed by atoms with Gasteiger partial charge in [-0.3, -0.25) is 9.67 Å². The van der Waals surface area contributed by atoms with Crippen molar-refractivity contribution in [3.8, 4) is 0 Å². The highest BCUT2D eigenvalue weighted by molar-refractivity contribution is 14.0. The van der Waals surface area contributed by atoms with E-state index in [2.05, 4.69) is 22.7 Å². The van der Waals surface area contributed by atoms with Crippen LogP contribution >= 0.6 is 24.0 Å². The van der Waals surface area contributed by atoms with Gasteiger partial charge >= 0.3 is 0 Å². The van der Waals surface area contributed by atoms with Crippen LogP contribution < -0.4 is 10.6 Å². The number of aliphatic hydroxyl groups is 1. The van der Waals surface area contributed by atoms with Crippen LogP contribution in [-0.4, -0.2) is 47.1 Å². The Morgan fingerprint density at radius 3 is 2.71 bits per heavy atom. The third-order valence-corrected chi connectivity index (χ3v) is 4.67. The zero-order chi connectivity index (χ0) is 16.4. The standard InChI is InChI=1S/C17H31N5O.HI/c1-2-18-16(19-11-13-22-12-6-10-21-22)20-15-17(9-14-23)7-4-3-5-8-17;/h6,10,12,23H,2-5,7-9,11,13-15H2,1H3,(H2,18,19,20);1H. The maximum Gasteiger partial charge on any atom is 0.191 e. The molecule has 0 unspecified atom stereocenters. The maximum atomic E-state index is 9.41. The number of nitrogens with zero attached hydrogens (tertiary/aromatic N) is 3. The quantitative estimate of drug-likeness (QED) is 0.324. The molecule has 0 amide bonds. The van der Waals surface area contributed by atoms with Gasteiger partial charge in [0.1, 0.15) is 0 Å². The minimum absolute atomic E-state index is 0. The van der Waals surface area contributed by atoms with E-state index < -0.39 is 0 Å². The van der Waals surface area contributed by atoms with Gasteiger partial charge in [0.25, 0.3) is 0 Å². The minimum atomic E-state index is 0. The van der Waals surface area contributed by atoms with Crippen LogP contribution in [0.2, 0.25) is 0 Å². The van der Waals surface area contributed by atoms with Gasteiger partial charge in [0.2, 0.25) is 0 Å². The first kappa shape index (κ1) is 21.2. The molecule has 1 fully saturated rings. The predicted octanol–water partition coefficient (Wildman–Crippen LogP) is 2.39. The summed E-state index contributed by atoms with van der Waals surface area (Å²) in [5.74, 6) is 0.863. The van der Waals surface area contributed by atoms with Crippen molar-refractivity contribution in [3.63, 3.8) is 0 Å². The fraction of sp³-hybridized carbons (Fsp3) is 0.765. The number of aliphatic hydroxyl groups excluding tert-OH is 1. The van der Waals surface area contributed by atoms with Crippen molar-refractivity contribution in [2.75, 3.05) is 26.2 Å². The van der Waals surface area contributed by atoms with Gasteiger partial charge < -0.3 is 15.7 Å². The molecule has 7 heteroatoms. The molecule has 2 rings (SSSR count). The Hall–Kier alpha value is -0.830. The van der Waals surface area contributed by atoms with Gasteiger partial charge in [-0.2, -0.15) is 5.10 Å². The molecule has 138 valence electrons. The minimum Gasteiger partial charge on any atom is -0.396 e. The summed E-state index contributed by atoms with van der Waals surface area (Å²) in [6.07, 6.45) is 10.8. The molecular weight excluding hydrogens is 417 g/mol. The summed E-state index contributed by atoms with van der Waals surface area (Å²) < 4.78 is 1.91. The lowest BCUT2D eigenvalue weighted by Crippen LogP contribution is -2.40. The normalized spacial score (nSPS) is 17.2. The number of aromatic nitrogens is 2. The van der Waals surface area contributed by atoms with E-state index in [1.54, 1.807) is 6.20 Å². The molecule has 1 aliphatic rings. The molecular formula is C17H32IN5O. The van der Waals surface area contributed by atoms with Crippen LogP contribution in [0.4, 0.5) is 0 Å². The van der Waals surface area contributed by atoms with E-state index >= 15 is 0 Å². The fourth-order valence-electron chi connectivity index (χ4n) is 3.34. The van der Waals surface area contributed by atoms with Crippen molar-refractivity contribution in [1.29, 1.82) is 0 Å². The second-order valence-electron chi connectivity index (χ2n) is 6.43. The van der Waals surface area contributed by atoms with E-state index in [4.69, 9.17) is 4.99 Å². The largest absolute Gasteiger partial charge is 0.396 e. The van der Waals surface area contributed by atoms with E-state index in [0.717, 1.165) is 38.6 Å². The van der Waals surface area contributed by atoms with Crippen molar-refractivity contribution in [3.05, 3.63) is 18.5 Å². The molecule has 24 heavy (non-hydrogen) atoms. The van der Waals surface area contributed by atoms with Crippen LogP contribution in [0.3, 0.4) is 0 Å². The molecule has 3 N–H and O–H groups in total. The van der Waals surface area contributed by atoms with Crippen LogP contribution in [0.1, 0.15) is 45.4 Å². The highest BCUT2D eigenvalue weighted by atomic mass is 127. The topological polar surface area (TPSA) is 74.5 Å². The predicted molar refractivity (Wildman–Crippen MR) is 109 cm³/mol. The molecule has 1 saturated carbocycles. The number of nitrogens with one attached hydrogen (secondary N) is 2. The summed E-state index contributed by atoms with van der Waals surface area (Å²) in [6.45, 7) is 5.60. The van der Waals surface area contributed by atoms with E-state index in [9.17, 15) is 5.11 Å². The second-order valence-corrected chi connectivity index (χ2v) is 6.43. The summed E-state index contributed by atoms with van der Waals surface area (Å²) in [7, 11) is 0. The maximum absolute atomic E-state index is 9.41. The summed E-state index contributed by atoms with van der Waals surface area (Å²) in [5, 5.41) is 20.3. The average molecular weight is 449 g/mol. The van der Waals surface area contributed by atoms with Crippen molar-refractivity contribution in [2.24, 2.45) is 10.4 Å². The Labute approximate surface area is 162 Å². The lowest BCUT2D eigenvalue weighted by Gasteiger charge is -2.35. The molecule has 1 heterocycles. The first-order valence-electron chi connectivity index (χ1n) is 8.88. The molecule has 6 nitrogen and oxygen atoms in total. The van der Waals surface area contributed by atoms with Crippen molar-refractivity contribution in [1.82, 2.24) is 20.4 Å². The molecule has 0 saturated heterocycles. The van der Waals surface area contributed by atoms with Crippen molar-refractivity contribution < 1.29 is 5.11 Å². The summed E-state index contributed by atoms with van der Waals surface area (Å²) >= 11 is 0. The molecule has 1 aromatic rings. The van der Waals surface area contributed by atoms with E-state index in [1.165, 1.54) is 32.1 Å². The smallest absolute Gasteiger partial charge is 0.191 e. The molecule has 0 bridgehead atoms. The van der Waals surface area contributed by atoms with Gasteiger partial charge in [-0.15, -0.1) is 24.0 Å². The molecule has 1 aromatic heterocycles. The second kappa shape index (κ2) is 11.7. The fourth-order valence-corrected chi connectivity index (χ4v) is 3.34. The summed E-state index contributed by atoms with van der Waals surface area (Å²) in [4.78, 5) is 4.80. The Kier molecular flexibility index (Phi) is 10.3. The number of guanidine groups is 1. The summed E-state index contributed by atoms with van der Waals surface area (Å²) in [5.41, 5.74) is 0.192. The van der Waals surface area contributed by atoms with Crippen LogP contribution in [0, 0.1) is 5.41 Å². The van der Waals surface area contributed by atoms with Gasteiger partial charge in [0.05, 0.1) is 6.54 Å². The first-order valence-corrected chi connectivity index (χ1v) is 8.88. The highest BCUT2D eigenvalue weighted by Gasteiger charge is 2.31. The zero-order valence-electron chi connectivity index (χ0n) is 14.7.